The largest absolute Gasteiger partial charge is 0.443 e. The highest BCUT2D eigenvalue weighted by Gasteiger charge is 2.35. The van der Waals surface area contributed by atoms with Crippen LogP contribution in [-0.2, 0) is 4.74 Å². The van der Waals surface area contributed by atoms with Crippen LogP contribution in [0.15, 0.2) is 12.1 Å². The third-order valence-electron chi connectivity index (χ3n) is 3.70. The number of fused-ring (bicyclic) bond motifs is 1. The number of nitrogens with zero attached hydrogens (tertiary/aromatic N) is 1. The van der Waals surface area contributed by atoms with E-state index >= 15 is 0 Å². The molecule has 0 spiro atoms. The number of aliphatic hydroxyl groups is 1. The average molecular weight is 291 g/mol. The number of aryl methyl sites for hydroxylation is 2. The molecule has 0 saturated carbocycles. The van der Waals surface area contributed by atoms with E-state index in [0.717, 1.165) is 11.3 Å². The summed E-state index contributed by atoms with van der Waals surface area (Å²) < 4.78 is 5.51. The summed E-state index contributed by atoms with van der Waals surface area (Å²) in [5.41, 5.74) is 3.89. The van der Waals surface area contributed by atoms with Crippen LogP contribution in [0.2, 0.25) is 0 Å². The van der Waals surface area contributed by atoms with Crippen molar-refractivity contribution in [3.63, 3.8) is 0 Å². The van der Waals surface area contributed by atoms with Gasteiger partial charge in [-0.05, 0) is 63.8 Å². The van der Waals surface area contributed by atoms with Crippen LogP contribution < -0.4 is 4.90 Å². The number of rotatable bonds is 2. The van der Waals surface area contributed by atoms with Crippen molar-refractivity contribution in [3.05, 3.63) is 28.8 Å². The van der Waals surface area contributed by atoms with Gasteiger partial charge in [0.15, 0.2) is 0 Å². The summed E-state index contributed by atoms with van der Waals surface area (Å²) in [6.45, 7) is 10.4. The van der Waals surface area contributed by atoms with Crippen LogP contribution in [0.25, 0.3) is 0 Å². The van der Waals surface area contributed by atoms with Gasteiger partial charge in [-0.15, -0.1) is 0 Å². The number of amides is 1. The number of hydrogen-bond acceptors (Lipinski definition) is 3. The minimum Gasteiger partial charge on any atom is -0.443 e. The van der Waals surface area contributed by atoms with Gasteiger partial charge in [0.1, 0.15) is 5.60 Å². The molecule has 1 unspecified atom stereocenters. The molecular weight excluding hydrogens is 266 g/mol. The van der Waals surface area contributed by atoms with E-state index in [1.807, 2.05) is 33.8 Å². The summed E-state index contributed by atoms with van der Waals surface area (Å²) in [5, 5.41) is 9.27. The van der Waals surface area contributed by atoms with Gasteiger partial charge in [0.2, 0.25) is 0 Å². The summed E-state index contributed by atoms with van der Waals surface area (Å²) in [6, 6.07) is 4.16. The molecule has 1 aliphatic heterocycles. The van der Waals surface area contributed by atoms with E-state index in [4.69, 9.17) is 4.74 Å². The Morgan fingerprint density at radius 1 is 1.38 bits per heavy atom. The number of anilines is 1. The van der Waals surface area contributed by atoms with Gasteiger partial charge in [0.05, 0.1) is 5.69 Å². The molecule has 4 nitrogen and oxygen atoms in total. The Bertz CT molecular complexity index is 546. The first-order valence-electron chi connectivity index (χ1n) is 7.45. The topological polar surface area (TPSA) is 49.8 Å². The molecule has 0 aliphatic carbocycles. The Kier molecular flexibility index (Phi) is 4.28. The van der Waals surface area contributed by atoms with E-state index in [9.17, 15) is 9.90 Å². The normalized spacial score (nSPS) is 17.8. The highest BCUT2D eigenvalue weighted by atomic mass is 16.6. The molecule has 2 rings (SSSR count). The van der Waals surface area contributed by atoms with E-state index in [2.05, 4.69) is 13.0 Å². The molecule has 0 radical (unpaired) electrons. The van der Waals surface area contributed by atoms with Gasteiger partial charge >= 0.3 is 6.09 Å². The molecule has 1 aliphatic rings. The lowest BCUT2D eigenvalue weighted by atomic mass is 9.93. The minimum absolute atomic E-state index is 0.125. The fourth-order valence-corrected chi connectivity index (χ4v) is 3.00. The first-order valence-corrected chi connectivity index (χ1v) is 7.45. The summed E-state index contributed by atoms with van der Waals surface area (Å²) in [4.78, 5) is 14.1. The second-order valence-corrected chi connectivity index (χ2v) is 6.81. The lowest BCUT2D eigenvalue weighted by Crippen LogP contribution is -2.36. The molecule has 0 saturated heterocycles. The van der Waals surface area contributed by atoms with Crippen molar-refractivity contribution >= 4 is 11.8 Å². The van der Waals surface area contributed by atoms with Crippen LogP contribution in [0, 0.1) is 13.8 Å². The zero-order valence-electron chi connectivity index (χ0n) is 13.6. The number of benzene rings is 1. The van der Waals surface area contributed by atoms with Crippen LogP contribution in [0.4, 0.5) is 10.5 Å². The highest BCUT2D eigenvalue weighted by molar-refractivity contribution is 5.91. The van der Waals surface area contributed by atoms with Crippen LogP contribution in [0.3, 0.4) is 0 Å². The summed E-state index contributed by atoms with van der Waals surface area (Å²) >= 11 is 0. The van der Waals surface area contributed by atoms with Crippen LogP contribution in [0.5, 0.6) is 0 Å². The molecule has 1 N–H and O–H groups in total. The van der Waals surface area contributed by atoms with E-state index in [1.165, 1.54) is 11.1 Å². The SMILES string of the molecule is Cc1cc(C)c2c(c1)N(C(=O)OC(C)(C)C)CC2CCO. The first-order chi connectivity index (χ1) is 9.73. The molecule has 1 heterocycles. The molecule has 0 aromatic heterocycles. The Morgan fingerprint density at radius 3 is 2.62 bits per heavy atom. The number of aliphatic hydroxyl groups excluding tert-OH is 1. The Morgan fingerprint density at radius 2 is 2.05 bits per heavy atom. The van der Waals surface area contributed by atoms with Gasteiger partial charge in [-0.1, -0.05) is 6.07 Å². The van der Waals surface area contributed by atoms with Crippen molar-refractivity contribution in [2.24, 2.45) is 0 Å². The Labute approximate surface area is 126 Å². The molecule has 1 atom stereocenters. The van der Waals surface area contributed by atoms with E-state index < -0.39 is 5.60 Å². The number of hydrogen-bond donors (Lipinski definition) is 1. The van der Waals surface area contributed by atoms with Gasteiger partial charge in [0.25, 0.3) is 0 Å². The van der Waals surface area contributed by atoms with E-state index in [-0.39, 0.29) is 18.6 Å². The Balaban J connectivity index is 2.38. The average Bonchev–Trinajstić information content (AvgIpc) is 2.66. The Hall–Kier alpha value is -1.55. The second kappa shape index (κ2) is 5.68. The maximum atomic E-state index is 12.4. The first kappa shape index (κ1) is 15.8. The highest BCUT2D eigenvalue weighted by Crippen LogP contribution is 2.41. The van der Waals surface area contributed by atoms with Crippen molar-refractivity contribution in [1.29, 1.82) is 0 Å². The summed E-state index contributed by atoms with van der Waals surface area (Å²) in [5.74, 6) is 0.179. The van der Waals surface area contributed by atoms with Crippen molar-refractivity contribution in [1.82, 2.24) is 0 Å². The summed E-state index contributed by atoms with van der Waals surface area (Å²) in [7, 11) is 0. The van der Waals surface area contributed by atoms with Crippen LogP contribution >= 0.6 is 0 Å². The van der Waals surface area contributed by atoms with Gasteiger partial charge in [-0.2, -0.15) is 0 Å². The number of carbonyl (C=O) groups is 1. The smallest absolute Gasteiger partial charge is 0.414 e. The molecule has 21 heavy (non-hydrogen) atoms. The van der Waals surface area contributed by atoms with E-state index in [1.54, 1.807) is 4.90 Å². The monoisotopic (exact) mass is 291 g/mol. The van der Waals surface area contributed by atoms with Crippen LogP contribution in [-0.4, -0.2) is 30.0 Å². The lowest BCUT2D eigenvalue weighted by molar-refractivity contribution is 0.0581. The van der Waals surface area contributed by atoms with Gasteiger partial charge in [0, 0.05) is 19.1 Å². The molecular formula is C17H25NO3. The fourth-order valence-electron chi connectivity index (χ4n) is 3.00. The molecule has 4 heteroatoms. The van der Waals surface area contributed by atoms with Gasteiger partial charge in [-0.25, -0.2) is 4.79 Å². The number of ether oxygens (including phenoxy) is 1. The third-order valence-corrected chi connectivity index (χ3v) is 3.70. The van der Waals surface area contributed by atoms with Crippen molar-refractivity contribution in [3.8, 4) is 0 Å². The summed E-state index contributed by atoms with van der Waals surface area (Å²) in [6.07, 6.45) is 0.352. The minimum atomic E-state index is -0.509. The second-order valence-electron chi connectivity index (χ2n) is 6.81. The fraction of sp³-hybridized carbons (Fsp3) is 0.588. The number of carbonyl (C=O) groups excluding carboxylic acids is 1. The van der Waals surface area contributed by atoms with Gasteiger partial charge < -0.3 is 9.84 Å². The quantitative estimate of drug-likeness (QED) is 0.907. The maximum Gasteiger partial charge on any atom is 0.414 e. The van der Waals surface area contributed by atoms with Crippen molar-refractivity contribution in [2.75, 3.05) is 18.1 Å². The van der Waals surface area contributed by atoms with Crippen molar-refractivity contribution < 1.29 is 14.6 Å². The zero-order valence-corrected chi connectivity index (χ0v) is 13.6. The molecule has 0 bridgehead atoms. The third kappa shape index (κ3) is 3.38. The molecule has 0 fully saturated rings. The molecule has 1 amide bonds. The van der Waals surface area contributed by atoms with Crippen molar-refractivity contribution in [2.45, 2.75) is 52.6 Å². The molecule has 1 aromatic carbocycles. The lowest BCUT2D eigenvalue weighted by Gasteiger charge is -2.25. The van der Waals surface area contributed by atoms with E-state index in [0.29, 0.717) is 13.0 Å². The molecule has 116 valence electrons. The van der Waals surface area contributed by atoms with Crippen LogP contribution in [0.1, 0.15) is 49.8 Å². The predicted octanol–water partition coefficient (Wildman–Crippen LogP) is 3.52. The maximum absolute atomic E-state index is 12.4. The zero-order chi connectivity index (χ0) is 15.8. The standard InChI is InChI=1S/C17H25NO3/c1-11-8-12(2)15-13(6-7-19)10-18(14(15)9-11)16(20)21-17(3,4)5/h8-9,13,19H,6-7,10H2,1-5H3. The van der Waals surface area contributed by atoms with Gasteiger partial charge in [-0.3, -0.25) is 4.90 Å². The predicted molar refractivity (Wildman–Crippen MR) is 83.9 cm³/mol. The molecule has 1 aromatic rings.